The maximum absolute atomic E-state index is 16.1. The number of ketones is 1. The van der Waals surface area contributed by atoms with E-state index in [-0.39, 0.29) is 57.4 Å². The van der Waals surface area contributed by atoms with Crippen molar-refractivity contribution in [1.29, 1.82) is 0 Å². The van der Waals surface area contributed by atoms with Crippen molar-refractivity contribution in [3.63, 3.8) is 0 Å². The Labute approximate surface area is 214 Å². The summed E-state index contributed by atoms with van der Waals surface area (Å²) in [6, 6.07) is 4.44. The molecule has 0 saturated carbocycles. The lowest BCUT2D eigenvalue weighted by atomic mass is 10.0. The fourth-order valence-corrected chi connectivity index (χ4v) is 4.52. The van der Waals surface area contributed by atoms with Gasteiger partial charge in [0.1, 0.15) is 25.0 Å². The molecule has 0 radical (unpaired) electrons. The molecule has 3 aromatic rings. The van der Waals surface area contributed by atoms with Gasteiger partial charge in [0.2, 0.25) is 21.8 Å². The molecule has 0 bridgehead atoms. The van der Waals surface area contributed by atoms with E-state index in [0.29, 0.717) is 26.2 Å². The number of nitrogens with zero attached hydrogens (tertiary/aromatic N) is 5. The van der Waals surface area contributed by atoms with Crippen molar-refractivity contribution in [2.24, 2.45) is 0 Å². The van der Waals surface area contributed by atoms with Crippen LogP contribution in [0.3, 0.4) is 0 Å². The molecule has 0 unspecified atom stereocenters. The molecule has 4 rings (SSSR count). The minimum absolute atomic E-state index is 0.0220. The Balaban J connectivity index is 1.72. The summed E-state index contributed by atoms with van der Waals surface area (Å²) >= 11 is 0. The SMILES string of the molecule is [2H]c1nc(N2CCN(C(=O)/C=C/C(C)=O)CC2)c2c(F)c(-c3cnc(OC)c(NS(C)(=O)=O)c3)ccc2n1. The van der Waals surface area contributed by atoms with Crippen LogP contribution in [0.5, 0.6) is 5.88 Å². The zero-order valence-corrected chi connectivity index (χ0v) is 21.2. The Morgan fingerprint density at radius 3 is 2.54 bits per heavy atom. The van der Waals surface area contributed by atoms with E-state index in [0.717, 1.165) is 6.26 Å². The van der Waals surface area contributed by atoms with E-state index in [9.17, 15) is 18.0 Å². The highest BCUT2D eigenvalue weighted by Gasteiger charge is 2.25. The molecule has 1 aromatic carbocycles. The number of sulfonamides is 1. The van der Waals surface area contributed by atoms with Crippen molar-refractivity contribution in [1.82, 2.24) is 19.9 Å². The number of hydrogen-bond acceptors (Lipinski definition) is 9. The first-order valence-corrected chi connectivity index (χ1v) is 13.1. The minimum Gasteiger partial charge on any atom is -0.480 e. The maximum atomic E-state index is 16.1. The Bertz CT molecular complexity index is 1560. The second-order valence-electron chi connectivity index (χ2n) is 8.38. The number of halogens is 1. The summed E-state index contributed by atoms with van der Waals surface area (Å²) in [4.78, 5) is 39.2. The predicted octanol–water partition coefficient (Wildman–Crippen LogP) is 2.00. The van der Waals surface area contributed by atoms with Crippen LogP contribution in [0.25, 0.3) is 22.0 Å². The van der Waals surface area contributed by atoms with Crippen LogP contribution < -0.4 is 14.4 Å². The molecule has 3 heterocycles. The molecule has 1 aliphatic rings. The summed E-state index contributed by atoms with van der Waals surface area (Å²) in [5.74, 6) is -0.967. The Hall–Kier alpha value is -4.13. The molecule has 11 nitrogen and oxygen atoms in total. The maximum Gasteiger partial charge on any atom is 0.246 e. The lowest BCUT2D eigenvalue weighted by Gasteiger charge is -2.35. The molecule has 194 valence electrons. The summed E-state index contributed by atoms with van der Waals surface area (Å²) in [5.41, 5.74) is 0.671. The average molecular weight is 530 g/mol. The summed E-state index contributed by atoms with van der Waals surface area (Å²) in [7, 11) is -2.32. The highest BCUT2D eigenvalue weighted by Crippen LogP contribution is 2.35. The molecule has 1 fully saturated rings. The first kappa shape index (κ1) is 24.6. The molecule has 1 saturated heterocycles. The molecule has 37 heavy (non-hydrogen) atoms. The van der Waals surface area contributed by atoms with E-state index >= 15 is 4.39 Å². The van der Waals surface area contributed by atoms with Crippen LogP contribution in [-0.2, 0) is 19.6 Å². The van der Waals surface area contributed by atoms with Gasteiger partial charge in [-0.25, -0.2) is 27.8 Å². The fourth-order valence-electron chi connectivity index (χ4n) is 3.97. The van der Waals surface area contributed by atoms with Crippen molar-refractivity contribution in [2.45, 2.75) is 6.92 Å². The Kier molecular flexibility index (Phi) is 6.95. The number of benzene rings is 1. The third-order valence-corrected chi connectivity index (χ3v) is 6.26. The monoisotopic (exact) mass is 529 g/mol. The largest absolute Gasteiger partial charge is 0.480 e. The van der Waals surface area contributed by atoms with Gasteiger partial charge < -0.3 is 14.5 Å². The van der Waals surface area contributed by atoms with Crippen molar-refractivity contribution in [2.75, 3.05) is 49.2 Å². The number of allylic oxidation sites excluding steroid dienone is 1. The molecule has 0 spiro atoms. The van der Waals surface area contributed by atoms with Crippen molar-refractivity contribution in [3.05, 3.63) is 48.7 Å². The summed E-state index contributed by atoms with van der Waals surface area (Å²) < 4.78 is 55.1. The van der Waals surface area contributed by atoms with E-state index < -0.39 is 15.8 Å². The van der Waals surface area contributed by atoms with Crippen LogP contribution in [0.4, 0.5) is 15.9 Å². The lowest BCUT2D eigenvalue weighted by molar-refractivity contribution is -0.126. The zero-order chi connectivity index (χ0) is 27.6. The van der Waals surface area contributed by atoms with E-state index in [2.05, 4.69) is 19.7 Å². The number of methoxy groups -OCH3 is 1. The Morgan fingerprint density at radius 2 is 1.89 bits per heavy atom. The van der Waals surface area contributed by atoms with Gasteiger partial charge in [-0.2, -0.15) is 0 Å². The molecule has 0 aliphatic carbocycles. The molecular formula is C24H25FN6O5S. The average Bonchev–Trinajstić information content (AvgIpc) is 2.86. The van der Waals surface area contributed by atoms with Gasteiger partial charge in [-0.15, -0.1) is 0 Å². The third kappa shape index (κ3) is 5.82. The number of amides is 1. The number of fused-ring (bicyclic) bond motifs is 1. The number of carbonyl (C=O) groups excluding carboxylic acids is 2. The van der Waals surface area contributed by atoms with Gasteiger partial charge in [0, 0.05) is 49.6 Å². The number of nitrogens with one attached hydrogen (secondary N) is 1. The predicted molar refractivity (Wildman–Crippen MR) is 136 cm³/mol. The number of piperazine rings is 1. The second kappa shape index (κ2) is 10.5. The van der Waals surface area contributed by atoms with Crippen LogP contribution in [0.2, 0.25) is 0 Å². The number of rotatable bonds is 7. The number of carbonyl (C=O) groups is 2. The number of ether oxygens (including phenoxy) is 1. The lowest BCUT2D eigenvalue weighted by Crippen LogP contribution is -2.48. The fraction of sp³-hybridized carbons (Fsp3) is 0.292. The summed E-state index contributed by atoms with van der Waals surface area (Å²) in [6.07, 6.45) is 4.48. The van der Waals surface area contributed by atoms with Gasteiger partial charge in [0.25, 0.3) is 0 Å². The molecule has 2 aromatic heterocycles. The quantitative estimate of drug-likeness (QED) is 0.456. The zero-order valence-electron chi connectivity index (χ0n) is 21.4. The van der Waals surface area contributed by atoms with Crippen molar-refractivity contribution in [3.8, 4) is 17.0 Å². The molecule has 1 amide bonds. The van der Waals surface area contributed by atoms with Crippen LogP contribution in [0.1, 0.15) is 8.29 Å². The molecule has 1 N–H and O–H groups in total. The van der Waals surface area contributed by atoms with Gasteiger partial charge in [-0.05, 0) is 31.2 Å². The minimum atomic E-state index is -3.66. The van der Waals surface area contributed by atoms with Crippen LogP contribution in [0, 0.1) is 5.82 Å². The first-order chi connectivity index (χ1) is 18.0. The molecular weight excluding hydrogens is 503 g/mol. The van der Waals surface area contributed by atoms with Crippen LogP contribution >= 0.6 is 0 Å². The van der Waals surface area contributed by atoms with Crippen molar-refractivity contribution < 1.29 is 28.5 Å². The number of hydrogen-bond donors (Lipinski definition) is 1. The van der Waals surface area contributed by atoms with E-state index in [4.69, 9.17) is 6.11 Å². The van der Waals surface area contributed by atoms with E-state index in [1.54, 1.807) is 15.9 Å². The number of pyridine rings is 1. The highest BCUT2D eigenvalue weighted by molar-refractivity contribution is 7.92. The van der Waals surface area contributed by atoms with Crippen LogP contribution in [0.15, 0.2) is 42.9 Å². The molecule has 1 aliphatic heterocycles. The smallest absolute Gasteiger partial charge is 0.246 e. The van der Waals surface area contributed by atoms with Crippen LogP contribution in [-0.4, -0.2) is 79.5 Å². The summed E-state index contributed by atoms with van der Waals surface area (Å²) in [6.45, 7) is 2.62. The third-order valence-electron chi connectivity index (χ3n) is 5.67. The first-order valence-electron chi connectivity index (χ1n) is 11.7. The van der Waals surface area contributed by atoms with Gasteiger partial charge in [-0.1, -0.05) is 0 Å². The van der Waals surface area contributed by atoms with Gasteiger partial charge in [0.15, 0.2) is 5.78 Å². The highest BCUT2D eigenvalue weighted by atomic mass is 32.2. The van der Waals surface area contributed by atoms with Gasteiger partial charge in [-0.3, -0.25) is 14.3 Å². The Morgan fingerprint density at radius 1 is 1.16 bits per heavy atom. The normalized spacial score (nSPS) is 14.6. The van der Waals surface area contributed by atoms with Gasteiger partial charge in [0.05, 0.1) is 24.3 Å². The van der Waals surface area contributed by atoms with Gasteiger partial charge >= 0.3 is 0 Å². The van der Waals surface area contributed by atoms with E-state index in [1.165, 1.54) is 44.5 Å². The summed E-state index contributed by atoms with van der Waals surface area (Å²) in [5, 5.41) is 0.0863. The topological polar surface area (TPSA) is 135 Å². The molecule has 13 heteroatoms. The number of aromatic nitrogens is 3. The molecule has 0 atom stereocenters. The second-order valence-corrected chi connectivity index (χ2v) is 10.1. The van der Waals surface area contributed by atoms with Crippen molar-refractivity contribution >= 4 is 44.1 Å². The number of anilines is 2. The van der Waals surface area contributed by atoms with E-state index in [1.807, 2.05) is 0 Å². The standard InChI is InChI=1S/C24H25FN6O5S/c1-15(32)4-7-20(33)30-8-10-31(11-9-30)23-21-18(27-14-28-23)6-5-17(22(21)25)16-12-19(29-37(3,34)35)24(36-2)26-13-16/h4-7,12-14,29H,8-11H2,1-3H3/b7-4+/i14D.